The monoisotopic (exact) mass is 692 g/mol. The number of halogens is 2. The quantitative estimate of drug-likeness (QED) is 0.240. The summed E-state index contributed by atoms with van der Waals surface area (Å²) in [5.41, 5.74) is 3.08. The van der Waals surface area contributed by atoms with Crippen LogP contribution < -0.4 is 31.9 Å². The zero-order valence-corrected chi connectivity index (χ0v) is 28.2. The van der Waals surface area contributed by atoms with Gasteiger partial charge in [0, 0.05) is 75.1 Å². The summed E-state index contributed by atoms with van der Waals surface area (Å²) in [7, 11) is 6.01. The maximum Gasteiger partial charge on any atom is 0.330 e. The summed E-state index contributed by atoms with van der Waals surface area (Å²) in [5, 5.41) is 9.84. The molecule has 0 saturated carbocycles. The van der Waals surface area contributed by atoms with Crippen LogP contribution in [0.1, 0.15) is 40.4 Å². The van der Waals surface area contributed by atoms with Crippen LogP contribution in [0.2, 0.25) is 10.0 Å². The third kappa shape index (κ3) is 6.12. The minimum absolute atomic E-state index is 0.0541. The third-order valence-corrected chi connectivity index (χ3v) is 9.70. The molecule has 2 amide bonds. The number of hydrogen-bond acceptors (Lipinski definition) is 8. The minimum atomic E-state index is -0.725. The Hall–Kier alpha value is -4.49. The van der Waals surface area contributed by atoms with Gasteiger partial charge in [0.2, 0.25) is 11.8 Å². The number of nitrogens with zero attached hydrogens (tertiary/aromatic N) is 3. The molecule has 6 rings (SSSR count). The van der Waals surface area contributed by atoms with Gasteiger partial charge in [-0.2, -0.15) is 0 Å². The second-order valence-electron chi connectivity index (χ2n) is 11.8. The largest absolute Gasteiger partial charge is 0.481 e. The number of pyridine rings is 1. The molecular weight excluding hydrogens is 659 g/mol. The first-order valence-corrected chi connectivity index (χ1v) is 16.1. The maximum atomic E-state index is 13.1. The number of hydrogen-bond donors (Lipinski definition) is 3. The average Bonchev–Trinajstić information content (AvgIpc) is 3.67. The summed E-state index contributed by atoms with van der Waals surface area (Å²) in [6.45, 7) is 0.594. The van der Waals surface area contributed by atoms with Crippen molar-refractivity contribution >= 4 is 40.7 Å². The van der Waals surface area contributed by atoms with Gasteiger partial charge in [-0.25, -0.2) is 9.78 Å². The molecule has 3 atom stereocenters. The number of methoxy groups -OCH3 is 2. The highest BCUT2D eigenvalue weighted by atomic mass is 35.5. The number of fused-ring (bicyclic) bond motifs is 1. The number of ether oxygens (including phenoxy) is 2. The van der Waals surface area contributed by atoms with Gasteiger partial charge in [0.05, 0.1) is 40.7 Å². The molecule has 1 aliphatic heterocycles. The van der Waals surface area contributed by atoms with Crippen molar-refractivity contribution < 1.29 is 19.1 Å². The van der Waals surface area contributed by atoms with Gasteiger partial charge in [-0.05, 0) is 24.1 Å². The summed E-state index contributed by atoms with van der Waals surface area (Å²) >= 11 is 13.9. The number of carbonyl (C=O) groups is 2. The Morgan fingerprint density at radius 1 is 1.04 bits per heavy atom. The van der Waals surface area contributed by atoms with E-state index in [1.165, 1.54) is 20.3 Å². The molecule has 48 heavy (non-hydrogen) atoms. The standard InChI is InChI=1S/C34H34Cl2N6O6/c1-41-16-22(33(45)42(2)34(41)46)31(44)39-23-10-6-8-20(29(23)36)19-7-5-9-21(28(19)35)24-13-17-14-25(47-3)30(27(17)32(40-24)48-4)37-15-18-11-12-26(43)38-18/h5-10,13,16,18,25,30,37H,11-12,14-15H2,1-4H3,(H,38,43)(H,39,44)/t18-,25-,30-/m0/s1. The third-order valence-electron chi connectivity index (χ3n) is 8.88. The van der Waals surface area contributed by atoms with Crippen LogP contribution in [-0.2, 0) is 30.0 Å². The van der Waals surface area contributed by atoms with E-state index in [0.717, 1.165) is 26.7 Å². The van der Waals surface area contributed by atoms with Crippen LogP contribution in [-0.4, -0.2) is 58.8 Å². The minimum Gasteiger partial charge on any atom is -0.481 e. The van der Waals surface area contributed by atoms with Gasteiger partial charge in [0.1, 0.15) is 5.56 Å². The average molecular weight is 694 g/mol. The molecule has 0 radical (unpaired) electrons. The smallest absolute Gasteiger partial charge is 0.330 e. The van der Waals surface area contributed by atoms with Gasteiger partial charge in [-0.15, -0.1) is 0 Å². The summed E-state index contributed by atoms with van der Waals surface area (Å²) in [6, 6.07) is 12.5. The number of anilines is 1. The highest BCUT2D eigenvalue weighted by Crippen LogP contribution is 2.44. The predicted molar refractivity (Wildman–Crippen MR) is 183 cm³/mol. The van der Waals surface area contributed by atoms with Crippen molar-refractivity contribution in [2.45, 2.75) is 37.5 Å². The van der Waals surface area contributed by atoms with Crippen molar-refractivity contribution in [2.24, 2.45) is 14.1 Å². The molecule has 4 aromatic rings. The Bertz CT molecular complexity index is 2060. The van der Waals surface area contributed by atoms with Crippen LogP contribution in [0.3, 0.4) is 0 Å². The molecule has 2 aromatic heterocycles. The lowest BCUT2D eigenvalue weighted by molar-refractivity contribution is -0.119. The van der Waals surface area contributed by atoms with Crippen LogP contribution in [0.15, 0.2) is 58.3 Å². The fourth-order valence-electron chi connectivity index (χ4n) is 6.38. The summed E-state index contributed by atoms with van der Waals surface area (Å²) < 4.78 is 13.7. The SMILES string of the molecule is COc1nc(-c2cccc(-c3cccc(NC(=O)c4cn(C)c(=O)n(C)c4=O)c3Cl)c2Cl)cc2c1[C@@H](NC[C@@H]1CCC(=O)N1)[C@@H](OC)C2. The molecule has 0 bridgehead atoms. The molecule has 2 aromatic carbocycles. The lowest BCUT2D eigenvalue weighted by Gasteiger charge is -2.23. The van der Waals surface area contributed by atoms with Crippen molar-refractivity contribution in [3.8, 4) is 28.3 Å². The molecule has 0 unspecified atom stereocenters. The van der Waals surface area contributed by atoms with E-state index >= 15 is 0 Å². The van der Waals surface area contributed by atoms with E-state index in [1.807, 2.05) is 24.3 Å². The van der Waals surface area contributed by atoms with E-state index in [4.69, 9.17) is 37.7 Å². The topological polar surface area (TPSA) is 146 Å². The number of aryl methyl sites for hydroxylation is 1. The predicted octanol–water partition coefficient (Wildman–Crippen LogP) is 3.86. The number of amides is 2. The molecular formula is C34H34Cl2N6O6. The van der Waals surface area contributed by atoms with Gasteiger partial charge in [0.15, 0.2) is 0 Å². The van der Waals surface area contributed by atoms with Gasteiger partial charge >= 0.3 is 5.69 Å². The second kappa shape index (κ2) is 13.6. The Balaban J connectivity index is 1.32. The van der Waals surface area contributed by atoms with Crippen LogP contribution in [0.4, 0.5) is 5.69 Å². The van der Waals surface area contributed by atoms with Gasteiger partial charge < -0.3 is 30.0 Å². The molecule has 0 spiro atoms. The Kier molecular flexibility index (Phi) is 9.44. The molecule has 3 N–H and O–H groups in total. The molecule has 2 aliphatic rings. The van der Waals surface area contributed by atoms with Crippen molar-refractivity contribution in [2.75, 3.05) is 26.1 Å². The number of carbonyl (C=O) groups excluding carboxylic acids is 2. The van der Waals surface area contributed by atoms with Crippen LogP contribution >= 0.6 is 23.2 Å². The van der Waals surface area contributed by atoms with Crippen molar-refractivity contribution in [3.05, 3.63) is 96.2 Å². The van der Waals surface area contributed by atoms with E-state index in [9.17, 15) is 19.2 Å². The van der Waals surface area contributed by atoms with Crippen LogP contribution in [0.5, 0.6) is 5.88 Å². The van der Waals surface area contributed by atoms with E-state index in [0.29, 0.717) is 52.7 Å². The zero-order valence-electron chi connectivity index (χ0n) is 26.7. The van der Waals surface area contributed by atoms with Gasteiger partial charge in [-0.3, -0.25) is 19.0 Å². The molecule has 14 heteroatoms. The lowest BCUT2D eigenvalue weighted by atomic mass is 9.99. The van der Waals surface area contributed by atoms with Crippen molar-refractivity contribution in [1.82, 2.24) is 24.8 Å². The van der Waals surface area contributed by atoms with Crippen LogP contribution in [0.25, 0.3) is 22.4 Å². The molecule has 12 nitrogen and oxygen atoms in total. The second-order valence-corrected chi connectivity index (χ2v) is 12.6. The first kappa shape index (κ1) is 33.4. The Labute approximate surface area is 286 Å². The van der Waals surface area contributed by atoms with Crippen LogP contribution in [0, 0.1) is 0 Å². The maximum absolute atomic E-state index is 13.1. The molecule has 3 heterocycles. The number of nitrogens with one attached hydrogen (secondary N) is 3. The molecule has 250 valence electrons. The summed E-state index contributed by atoms with van der Waals surface area (Å²) in [4.78, 5) is 54.4. The first-order valence-electron chi connectivity index (χ1n) is 15.3. The van der Waals surface area contributed by atoms with Gasteiger partial charge in [0.25, 0.3) is 11.5 Å². The highest BCUT2D eigenvalue weighted by Gasteiger charge is 2.37. The van der Waals surface area contributed by atoms with E-state index < -0.39 is 17.2 Å². The molecule has 1 aliphatic carbocycles. The van der Waals surface area contributed by atoms with E-state index in [1.54, 1.807) is 32.4 Å². The summed E-state index contributed by atoms with van der Waals surface area (Å²) in [6.07, 6.45) is 2.95. The Morgan fingerprint density at radius 2 is 1.75 bits per heavy atom. The summed E-state index contributed by atoms with van der Waals surface area (Å²) in [5.74, 6) is -0.204. The molecule has 1 saturated heterocycles. The highest BCUT2D eigenvalue weighted by molar-refractivity contribution is 6.39. The number of aromatic nitrogens is 3. The van der Waals surface area contributed by atoms with E-state index in [-0.39, 0.29) is 40.4 Å². The first-order chi connectivity index (χ1) is 23.0. The van der Waals surface area contributed by atoms with Crippen molar-refractivity contribution in [3.63, 3.8) is 0 Å². The Morgan fingerprint density at radius 3 is 2.44 bits per heavy atom. The zero-order chi connectivity index (χ0) is 34.3. The number of rotatable bonds is 9. The fraction of sp³-hybridized carbons (Fsp3) is 0.324. The van der Waals surface area contributed by atoms with Gasteiger partial charge in [-0.1, -0.05) is 53.5 Å². The van der Waals surface area contributed by atoms with Crippen molar-refractivity contribution in [1.29, 1.82) is 0 Å². The van der Waals surface area contributed by atoms with E-state index in [2.05, 4.69) is 16.0 Å². The normalized spacial score (nSPS) is 18.5. The number of benzene rings is 2. The lowest BCUT2D eigenvalue weighted by Crippen LogP contribution is -2.40. The fourth-order valence-corrected chi connectivity index (χ4v) is 6.98. The molecule has 1 fully saturated rings.